The summed E-state index contributed by atoms with van der Waals surface area (Å²) < 4.78 is 65.4. The third kappa shape index (κ3) is 4.83. The zero-order valence-electron chi connectivity index (χ0n) is 18.5. The molecule has 1 aliphatic carbocycles. The topological polar surface area (TPSA) is 66.5 Å². The number of halogens is 3. The third-order valence-electron chi connectivity index (χ3n) is 6.04. The van der Waals surface area contributed by atoms with Gasteiger partial charge in [-0.05, 0) is 67.1 Å². The number of benzene rings is 2. The number of aryl methyl sites for hydroxylation is 1. The number of hydrogen-bond acceptors (Lipinski definition) is 3. The fraction of sp³-hybridized carbons (Fsp3) is 0.435. The maximum atomic E-state index is 12.9. The van der Waals surface area contributed by atoms with Crippen LogP contribution in [0, 0.1) is 19.8 Å². The smallest absolute Gasteiger partial charge is 0.326 e. The highest BCUT2D eigenvalue weighted by atomic mass is 32.2. The summed E-state index contributed by atoms with van der Waals surface area (Å²) in [6, 6.07) is 7.94. The van der Waals surface area contributed by atoms with Gasteiger partial charge in [0.25, 0.3) is 0 Å². The van der Waals surface area contributed by atoms with E-state index in [1.54, 1.807) is 33.8 Å². The second-order valence-corrected chi connectivity index (χ2v) is 10.00. The molecule has 32 heavy (non-hydrogen) atoms. The highest BCUT2D eigenvalue weighted by Crippen LogP contribution is 2.48. The molecule has 9 heteroatoms. The van der Waals surface area contributed by atoms with Crippen molar-refractivity contribution in [3.8, 4) is 0 Å². The van der Waals surface area contributed by atoms with E-state index in [0.717, 1.165) is 23.3 Å². The normalized spacial score (nSPS) is 18.6. The molecule has 0 heterocycles. The van der Waals surface area contributed by atoms with Crippen molar-refractivity contribution in [3.05, 3.63) is 58.7 Å². The van der Waals surface area contributed by atoms with Gasteiger partial charge in [-0.15, -0.1) is 0 Å². The molecule has 174 valence electrons. The van der Waals surface area contributed by atoms with Crippen LogP contribution >= 0.6 is 0 Å². The zero-order valence-corrected chi connectivity index (χ0v) is 19.3. The number of hydrogen-bond donors (Lipinski definition) is 1. The van der Waals surface area contributed by atoms with E-state index in [2.05, 4.69) is 5.32 Å². The number of alkyl halides is 3. The Morgan fingerprint density at radius 1 is 1.09 bits per heavy atom. The molecule has 2 aromatic rings. The standard InChI is InChI=1S/C23H27F3N2O3S/c1-5-28(6-2)32(30,31)18-11-14(3)15(4)21(12-18)27-22(29)20-13-19(20)16-7-9-17(10-8-16)23(24,25)26/h7-12,19-20H,5-6,13H2,1-4H3,(H,27,29). The van der Waals surface area contributed by atoms with Crippen molar-refractivity contribution in [2.75, 3.05) is 18.4 Å². The summed E-state index contributed by atoms with van der Waals surface area (Å²) in [7, 11) is -3.68. The molecule has 0 radical (unpaired) electrons. The van der Waals surface area contributed by atoms with Crippen molar-refractivity contribution in [2.45, 2.75) is 51.1 Å². The number of sulfonamides is 1. The van der Waals surface area contributed by atoms with Gasteiger partial charge < -0.3 is 5.32 Å². The van der Waals surface area contributed by atoms with E-state index in [1.165, 1.54) is 22.5 Å². The predicted molar refractivity (Wildman–Crippen MR) is 117 cm³/mol. The Balaban J connectivity index is 1.78. The van der Waals surface area contributed by atoms with Gasteiger partial charge in [-0.2, -0.15) is 17.5 Å². The van der Waals surface area contributed by atoms with E-state index in [0.29, 0.717) is 30.8 Å². The Kier molecular flexibility index (Phi) is 6.72. The second kappa shape index (κ2) is 8.86. The average Bonchev–Trinajstić information content (AvgIpc) is 3.52. The van der Waals surface area contributed by atoms with Crippen molar-refractivity contribution in [2.24, 2.45) is 5.92 Å². The predicted octanol–water partition coefficient (Wildman–Crippen LogP) is 5.09. The van der Waals surface area contributed by atoms with Crippen LogP contribution < -0.4 is 5.32 Å². The molecule has 1 saturated carbocycles. The molecule has 1 amide bonds. The molecule has 0 spiro atoms. The Morgan fingerprint density at radius 3 is 2.22 bits per heavy atom. The lowest BCUT2D eigenvalue weighted by Crippen LogP contribution is -2.30. The molecule has 1 fully saturated rings. The molecule has 0 bridgehead atoms. The zero-order chi connectivity index (χ0) is 23.8. The van der Waals surface area contributed by atoms with Crippen LogP contribution in [0.4, 0.5) is 18.9 Å². The quantitative estimate of drug-likeness (QED) is 0.615. The number of nitrogens with one attached hydrogen (secondary N) is 1. The minimum Gasteiger partial charge on any atom is -0.326 e. The number of carbonyl (C=O) groups is 1. The molecule has 2 unspecified atom stereocenters. The highest BCUT2D eigenvalue weighted by molar-refractivity contribution is 7.89. The first-order valence-corrected chi connectivity index (χ1v) is 11.9. The lowest BCUT2D eigenvalue weighted by molar-refractivity contribution is -0.137. The fourth-order valence-electron chi connectivity index (χ4n) is 3.82. The van der Waals surface area contributed by atoms with E-state index < -0.39 is 21.8 Å². The van der Waals surface area contributed by atoms with Gasteiger partial charge in [0, 0.05) is 24.7 Å². The summed E-state index contributed by atoms with van der Waals surface area (Å²) in [5, 5.41) is 2.83. The van der Waals surface area contributed by atoms with Gasteiger partial charge in [0.05, 0.1) is 10.5 Å². The Morgan fingerprint density at radius 2 is 1.69 bits per heavy atom. The van der Waals surface area contributed by atoms with Gasteiger partial charge in [0.15, 0.2) is 0 Å². The summed E-state index contributed by atoms with van der Waals surface area (Å²) in [6.45, 7) is 7.79. The minimum absolute atomic E-state index is 0.120. The second-order valence-electron chi connectivity index (χ2n) is 8.06. The lowest BCUT2D eigenvalue weighted by Gasteiger charge is -2.20. The largest absolute Gasteiger partial charge is 0.416 e. The number of anilines is 1. The van der Waals surface area contributed by atoms with Crippen LogP contribution in [0.5, 0.6) is 0 Å². The van der Waals surface area contributed by atoms with Crippen molar-refractivity contribution < 1.29 is 26.4 Å². The molecule has 1 aliphatic rings. The maximum Gasteiger partial charge on any atom is 0.416 e. The maximum absolute atomic E-state index is 12.9. The van der Waals surface area contributed by atoms with Crippen LogP contribution in [0.2, 0.25) is 0 Å². The van der Waals surface area contributed by atoms with Crippen LogP contribution in [0.25, 0.3) is 0 Å². The van der Waals surface area contributed by atoms with Gasteiger partial charge in [0.1, 0.15) is 0 Å². The minimum atomic E-state index is -4.40. The summed E-state index contributed by atoms with van der Waals surface area (Å²) in [6.07, 6.45) is -3.86. The van der Waals surface area contributed by atoms with Gasteiger partial charge >= 0.3 is 6.18 Å². The van der Waals surface area contributed by atoms with E-state index >= 15 is 0 Å². The van der Waals surface area contributed by atoms with Crippen LogP contribution in [0.15, 0.2) is 41.3 Å². The molecular weight excluding hydrogens is 441 g/mol. The van der Waals surface area contributed by atoms with Gasteiger partial charge in [0.2, 0.25) is 15.9 Å². The van der Waals surface area contributed by atoms with Crippen molar-refractivity contribution in [3.63, 3.8) is 0 Å². The first-order valence-electron chi connectivity index (χ1n) is 10.5. The summed E-state index contributed by atoms with van der Waals surface area (Å²) in [5.41, 5.74) is 1.90. The van der Waals surface area contributed by atoms with Crippen molar-refractivity contribution in [1.82, 2.24) is 4.31 Å². The molecular formula is C23H27F3N2O3S. The molecule has 2 atom stereocenters. The Hall–Kier alpha value is -2.39. The number of amides is 1. The molecule has 0 aromatic heterocycles. The van der Waals surface area contributed by atoms with E-state index in [4.69, 9.17) is 0 Å². The van der Waals surface area contributed by atoms with Gasteiger partial charge in [-0.3, -0.25) is 4.79 Å². The van der Waals surface area contributed by atoms with Crippen molar-refractivity contribution >= 4 is 21.6 Å². The van der Waals surface area contributed by atoms with Crippen LogP contribution in [0.3, 0.4) is 0 Å². The summed E-state index contributed by atoms with van der Waals surface area (Å²) in [4.78, 5) is 12.9. The summed E-state index contributed by atoms with van der Waals surface area (Å²) in [5.74, 6) is -0.787. The van der Waals surface area contributed by atoms with E-state index in [-0.39, 0.29) is 22.6 Å². The Bertz CT molecular complexity index is 1110. The Labute approximate surface area is 186 Å². The SMILES string of the molecule is CCN(CC)S(=O)(=O)c1cc(C)c(C)c(NC(=O)C2CC2c2ccc(C(F)(F)F)cc2)c1. The average molecular weight is 469 g/mol. The number of carbonyl (C=O) groups excluding carboxylic acids is 1. The molecule has 5 nitrogen and oxygen atoms in total. The number of rotatable bonds is 7. The van der Waals surface area contributed by atoms with Crippen LogP contribution in [-0.4, -0.2) is 31.7 Å². The summed E-state index contributed by atoms with van der Waals surface area (Å²) >= 11 is 0. The van der Waals surface area contributed by atoms with E-state index in [9.17, 15) is 26.4 Å². The molecule has 1 N–H and O–H groups in total. The fourth-order valence-corrected chi connectivity index (χ4v) is 5.39. The molecule has 3 rings (SSSR count). The number of nitrogens with zero attached hydrogens (tertiary/aromatic N) is 1. The van der Waals surface area contributed by atoms with Crippen LogP contribution in [-0.2, 0) is 21.0 Å². The van der Waals surface area contributed by atoms with Crippen molar-refractivity contribution in [1.29, 1.82) is 0 Å². The molecule has 2 aromatic carbocycles. The first kappa shape index (κ1) is 24.3. The monoisotopic (exact) mass is 468 g/mol. The van der Waals surface area contributed by atoms with Gasteiger partial charge in [-0.1, -0.05) is 26.0 Å². The first-order chi connectivity index (χ1) is 14.9. The highest BCUT2D eigenvalue weighted by Gasteiger charge is 2.44. The third-order valence-corrected chi connectivity index (χ3v) is 8.06. The molecule has 0 aliphatic heterocycles. The van der Waals surface area contributed by atoms with Gasteiger partial charge in [-0.25, -0.2) is 8.42 Å². The van der Waals surface area contributed by atoms with Crippen LogP contribution in [0.1, 0.15) is 48.4 Å². The lowest BCUT2D eigenvalue weighted by atomic mass is 10.1. The molecule has 0 saturated heterocycles. The van der Waals surface area contributed by atoms with E-state index in [1.807, 2.05) is 0 Å².